The summed E-state index contributed by atoms with van der Waals surface area (Å²) in [5, 5.41) is 1.96. The zero-order chi connectivity index (χ0) is 11.0. The van der Waals surface area contributed by atoms with Crippen LogP contribution in [-0.2, 0) is 23.2 Å². The fourth-order valence-electron chi connectivity index (χ4n) is 2.92. The van der Waals surface area contributed by atoms with E-state index in [1.54, 1.807) is 15.4 Å². The second-order valence-corrected chi connectivity index (χ2v) is 13.6. The Morgan fingerprint density at radius 2 is 1.89 bits per heavy atom. The van der Waals surface area contributed by atoms with Gasteiger partial charge in [0, 0.05) is 0 Å². The molecular formula is C14H18Cl2SiZr. The molecule has 2 aliphatic carbocycles. The maximum atomic E-state index is 2.62. The van der Waals surface area contributed by atoms with Gasteiger partial charge in [-0.25, -0.2) is 0 Å². The number of hydrogen-bond acceptors (Lipinski definition) is 0. The molecule has 18 heavy (non-hydrogen) atoms. The molecule has 0 amide bonds. The van der Waals surface area contributed by atoms with Gasteiger partial charge in [-0.3, -0.25) is 0 Å². The minimum atomic E-state index is -0.887. The number of rotatable bonds is 3. The van der Waals surface area contributed by atoms with Crippen molar-refractivity contribution < 1.29 is 48.0 Å². The maximum absolute atomic E-state index is 2.62. The molecule has 96 valence electrons. The first-order valence-corrected chi connectivity index (χ1v) is 11.7. The van der Waals surface area contributed by atoms with Crippen LogP contribution in [0.4, 0.5) is 0 Å². The molecule has 0 unspecified atom stereocenters. The van der Waals surface area contributed by atoms with Crippen LogP contribution in [0.1, 0.15) is 19.3 Å². The van der Waals surface area contributed by atoms with Gasteiger partial charge < -0.3 is 24.8 Å². The molecule has 3 rings (SSSR count). The smallest absolute Gasteiger partial charge is 1.00 e. The summed E-state index contributed by atoms with van der Waals surface area (Å²) < 4.78 is 3.63. The fourth-order valence-corrected chi connectivity index (χ4v) is 11.8. The summed E-state index contributed by atoms with van der Waals surface area (Å²) in [6.45, 7) is 2.62. The Kier molecular flexibility index (Phi) is 6.38. The zero-order valence-electron chi connectivity index (χ0n) is 10.7. The Labute approximate surface area is 135 Å². The second kappa shape index (κ2) is 6.88. The molecule has 0 bridgehead atoms. The van der Waals surface area contributed by atoms with Gasteiger partial charge in [0.15, 0.2) is 0 Å². The fraction of sp³-hybridized carbons (Fsp3) is 0.429. The van der Waals surface area contributed by atoms with E-state index >= 15 is 0 Å². The van der Waals surface area contributed by atoms with E-state index in [0.29, 0.717) is 0 Å². The van der Waals surface area contributed by atoms with Crippen molar-refractivity contribution in [3.8, 4) is 0 Å². The molecule has 0 aromatic rings. The summed E-state index contributed by atoms with van der Waals surface area (Å²) in [7, 11) is -0.887. The van der Waals surface area contributed by atoms with Crippen LogP contribution in [0.15, 0.2) is 42.1 Å². The third-order valence-corrected chi connectivity index (χ3v) is 13.2. The van der Waals surface area contributed by atoms with Crippen molar-refractivity contribution in [1.29, 1.82) is 0 Å². The average Bonchev–Trinajstić information content (AvgIpc) is 2.86. The largest absolute Gasteiger partial charge is 1.00 e. The number of halogens is 2. The third kappa shape index (κ3) is 3.20. The summed E-state index contributed by atoms with van der Waals surface area (Å²) in [5.41, 5.74) is 0. The first-order chi connectivity index (χ1) is 7.78. The summed E-state index contributed by atoms with van der Waals surface area (Å²) in [4.78, 5) is 0. The molecule has 3 aliphatic rings. The molecule has 0 N–H and O–H groups in total. The number of allylic oxidation sites excluding steroid dienone is 8. The number of hydrogen-bond donors (Lipinski definition) is 0. The summed E-state index contributed by atoms with van der Waals surface area (Å²) in [6, 6.07) is 3.15. The van der Waals surface area contributed by atoms with Gasteiger partial charge in [0.05, 0.1) is 0 Å². The second-order valence-electron chi connectivity index (χ2n) is 5.36. The zero-order valence-corrected chi connectivity index (χ0v) is 15.6. The Morgan fingerprint density at radius 1 is 1.11 bits per heavy atom. The van der Waals surface area contributed by atoms with Crippen LogP contribution in [0.3, 0.4) is 0 Å². The molecule has 0 aromatic heterocycles. The quantitative estimate of drug-likeness (QED) is 0.508. The predicted octanol–water partition coefficient (Wildman–Crippen LogP) is -1.84. The summed E-state index contributed by atoms with van der Waals surface area (Å²) in [6.07, 6.45) is 16.0. The van der Waals surface area contributed by atoms with E-state index in [9.17, 15) is 0 Å². The Hall–Kier alpha value is 0.640. The van der Waals surface area contributed by atoms with Crippen LogP contribution in [0.25, 0.3) is 0 Å². The van der Waals surface area contributed by atoms with Crippen LogP contribution in [-0.4, -0.2) is 8.07 Å². The van der Waals surface area contributed by atoms with Crippen molar-refractivity contribution in [3.05, 3.63) is 42.1 Å². The van der Waals surface area contributed by atoms with Gasteiger partial charge in [0.2, 0.25) is 0 Å². The molecule has 0 radical (unpaired) electrons. The van der Waals surface area contributed by atoms with E-state index in [-0.39, 0.29) is 24.8 Å². The van der Waals surface area contributed by atoms with Crippen LogP contribution in [0.2, 0.25) is 18.6 Å². The Bertz CT molecular complexity index is 431. The third-order valence-electron chi connectivity index (χ3n) is 4.18. The van der Waals surface area contributed by atoms with E-state index in [4.69, 9.17) is 0 Å². The van der Waals surface area contributed by atoms with Gasteiger partial charge in [-0.2, -0.15) is 0 Å². The van der Waals surface area contributed by atoms with Crippen molar-refractivity contribution in [2.45, 2.75) is 37.9 Å². The molecule has 0 saturated carbocycles. The normalized spacial score (nSPS) is 22.8. The average molecular weight is 377 g/mol. The van der Waals surface area contributed by atoms with Gasteiger partial charge in [-0.1, -0.05) is 0 Å². The maximum Gasteiger partial charge on any atom is -1.00 e. The Morgan fingerprint density at radius 3 is 2.44 bits per heavy atom. The van der Waals surface area contributed by atoms with E-state index < -0.39 is 31.3 Å². The van der Waals surface area contributed by atoms with Gasteiger partial charge in [-0.05, 0) is 0 Å². The first-order valence-electron chi connectivity index (χ1n) is 6.31. The van der Waals surface area contributed by atoms with E-state index in [1.165, 1.54) is 19.3 Å². The van der Waals surface area contributed by atoms with E-state index in [1.807, 2.05) is 8.48 Å². The molecular weight excluding hydrogens is 358 g/mol. The van der Waals surface area contributed by atoms with Gasteiger partial charge in [0.1, 0.15) is 0 Å². The molecule has 1 aliphatic heterocycles. The molecule has 1 heterocycles. The molecule has 1 fully saturated rings. The Balaban J connectivity index is 0.000000810. The van der Waals surface area contributed by atoms with Crippen LogP contribution >= 0.6 is 0 Å². The van der Waals surface area contributed by atoms with Crippen LogP contribution in [0, 0.1) is 0 Å². The first kappa shape index (κ1) is 16.7. The van der Waals surface area contributed by atoms with Gasteiger partial charge >= 0.3 is 111 Å². The molecule has 0 spiro atoms. The van der Waals surface area contributed by atoms with Crippen molar-refractivity contribution in [3.63, 3.8) is 0 Å². The van der Waals surface area contributed by atoms with Gasteiger partial charge in [-0.15, -0.1) is 0 Å². The predicted molar refractivity (Wildman–Crippen MR) is 68.5 cm³/mol. The van der Waals surface area contributed by atoms with Crippen molar-refractivity contribution >= 4 is 8.07 Å². The standard InChI is InChI=1S/C9H13Si.C5H5.2ClH.Zr/c1-10(7-4-8-10)9-5-2-3-6-9;1-2-4-5-3-1;;;/h2-3H,4-5,7-8H2,1H3;1-3H,4H2;2*1H;/q;;;;+2/p-2. The molecule has 0 atom stereocenters. The van der Waals surface area contributed by atoms with E-state index in [2.05, 4.69) is 36.9 Å². The molecule has 0 aromatic carbocycles. The molecule has 1 saturated heterocycles. The van der Waals surface area contributed by atoms with Crippen molar-refractivity contribution in [1.82, 2.24) is 0 Å². The van der Waals surface area contributed by atoms with Crippen molar-refractivity contribution in [2.24, 2.45) is 0 Å². The minimum Gasteiger partial charge on any atom is -1.00 e. The van der Waals surface area contributed by atoms with E-state index in [0.717, 1.165) is 0 Å². The summed E-state index contributed by atoms with van der Waals surface area (Å²) in [5.74, 6) is 0. The van der Waals surface area contributed by atoms with Crippen LogP contribution in [0.5, 0.6) is 0 Å². The minimum absolute atomic E-state index is 0. The van der Waals surface area contributed by atoms with Crippen LogP contribution < -0.4 is 24.8 Å². The van der Waals surface area contributed by atoms with Gasteiger partial charge in [0.25, 0.3) is 0 Å². The SMILES string of the molecule is C[Si]1(C2=[C]([Zr+2][C]3=CC=CC3)C=CC2)CCC1.[Cl-].[Cl-]. The monoisotopic (exact) mass is 374 g/mol. The molecule has 0 nitrogen and oxygen atoms in total. The van der Waals surface area contributed by atoms with Crippen molar-refractivity contribution in [2.75, 3.05) is 0 Å². The summed E-state index contributed by atoms with van der Waals surface area (Å²) >= 11 is -0.412. The molecule has 4 heteroatoms. The topological polar surface area (TPSA) is 0 Å².